The number of hydrogen-bond acceptors (Lipinski definition) is 5. The average molecular weight is 341 g/mol. The maximum Gasteiger partial charge on any atom is 0.307 e. The fraction of sp³-hybridized carbons (Fsp3) is 0.750. The molecule has 2 unspecified atom stereocenters. The molecular formula is C16H27N3O3S. The van der Waals surface area contributed by atoms with Gasteiger partial charge in [-0.1, -0.05) is 11.3 Å². The van der Waals surface area contributed by atoms with Crippen molar-refractivity contribution in [1.29, 1.82) is 0 Å². The van der Waals surface area contributed by atoms with Crippen LogP contribution in [0.5, 0.6) is 0 Å². The first-order valence-electron chi connectivity index (χ1n) is 8.01. The molecule has 0 aromatic carbocycles. The lowest BCUT2D eigenvalue weighted by atomic mass is 10.00. The summed E-state index contributed by atoms with van der Waals surface area (Å²) < 4.78 is 7.27. The summed E-state index contributed by atoms with van der Waals surface area (Å²) in [6.07, 6.45) is 0.390. The maximum atomic E-state index is 12.2. The first-order chi connectivity index (χ1) is 10.7. The van der Waals surface area contributed by atoms with E-state index in [-0.39, 0.29) is 35.1 Å². The van der Waals surface area contributed by atoms with Crippen molar-refractivity contribution in [1.82, 2.24) is 14.8 Å². The molecule has 1 aromatic rings. The van der Waals surface area contributed by atoms with Crippen molar-refractivity contribution in [3.05, 3.63) is 20.7 Å². The highest BCUT2D eigenvalue weighted by molar-refractivity contribution is 7.07. The summed E-state index contributed by atoms with van der Waals surface area (Å²) in [5.74, 6) is -0.129. The summed E-state index contributed by atoms with van der Waals surface area (Å²) >= 11 is 1.13. The van der Waals surface area contributed by atoms with Gasteiger partial charge in [-0.15, -0.1) is 0 Å². The molecule has 23 heavy (non-hydrogen) atoms. The third-order valence-corrected chi connectivity index (χ3v) is 5.15. The summed E-state index contributed by atoms with van der Waals surface area (Å²) in [6.45, 7) is 12.6. The topological polar surface area (TPSA) is 63.6 Å². The molecule has 0 spiro atoms. The second kappa shape index (κ2) is 7.15. The molecule has 2 rings (SSSR count). The van der Waals surface area contributed by atoms with Crippen LogP contribution in [0.3, 0.4) is 0 Å². The van der Waals surface area contributed by atoms with E-state index in [0.29, 0.717) is 6.54 Å². The molecule has 0 radical (unpaired) electrons. The van der Waals surface area contributed by atoms with Gasteiger partial charge in [0.1, 0.15) is 6.54 Å². The van der Waals surface area contributed by atoms with Gasteiger partial charge < -0.3 is 10.1 Å². The number of amides is 1. The summed E-state index contributed by atoms with van der Waals surface area (Å²) in [5.41, 5.74) is 0.668. The lowest BCUT2D eigenvalue weighted by Crippen LogP contribution is -2.58. The number of aryl methyl sites for hydroxylation is 1. The van der Waals surface area contributed by atoms with Gasteiger partial charge >= 0.3 is 4.87 Å². The van der Waals surface area contributed by atoms with Crippen LogP contribution in [0.2, 0.25) is 0 Å². The van der Waals surface area contributed by atoms with Gasteiger partial charge in [0.05, 0.1) is 12.2 Å². The highest BCUT2D eigenvalue weighted by Gasteiger charge is 2.33. The van der Waals surface area contributed by atoms with Crippen LogP contribution in [0.4, 0.5) is 0 Å². The first kappa shape index (κ1) is 18.2. The Morgan fingerprint density at radius 2 is 2.00 bits per heavy atom. The number of nitrogens with one attached hydrogen (secondary N) is 1. The number of nitrogens with zero attached hydrogens (tertiary/aromatic N) is 2. The third kappa shape index (κ3) is 4.65. The highest BCUT2D eigenvalue weighted by atomic mass is 32.1. The Morgan fingerprint density at radius 1 is 1.39 bits per heavy atom. The van der Waals surface area contributed by atoms with Crippen LogP contribution >= 0.6 is 11.3 Å². The second-order valence-corrected chi connectivity index (χ2v) is 7.80. The number of thiazole rings is 1. The SMILES string of the molecule is Cc1csc(=O)n1CC(=O)NCC(C)(C)N1CC(C)OC(C)C1. The molecule has 1 aromatic heterocycles. The number of morpholine rings is 1. The normalized spacial score (nSPS) is 23.0. The quantitative estimate of drug-likeness (QED) is 0.875. The fourth-order valence-electron chi connectivity index (χ4n) is 2.89. The molecule has 2 atom stereocenters. The van der Waals surface area contributed by atoms with Gasteiger partial charge in [-0.05, 0) is 34.6 Å². The van der Waals surface area contributed by atoms with E-state index in [2.05, 4.69) is 37.9 Å². The van der Waals surface area contributed by atoms with Gasteiger partial charge in [-0.3, -0.25) is 19.1 Å². The minimum atomic E-state index is -0.156. The number of carbonyl (C=O) groups is 1. The minimum absolute atomic E-state index is 0.0835. The molecule has 1 saturated heterocycles. The average Bonchev–Trinajstić information content (AvgIpc) is 2.76. The first-order valence-corrected chi connectivity index (χ1v) is 8.89. The van der Waals surface area contributed by atoms with Crippen LogP contribution in [0.1, 0.15) is 33.4 Å². The molecule has 2 heterocycles. The van der Waals surface area contributed by atoms with Crippen LogP contribution in [0.25, 0.3) is 0 Å². The molecule has 0 aliphatic carbocycles. The largest absolute Gasteiger partial charge is 0.373 e. The Morgan fingerprint density at radius 3 is 2.52 bits per heavy atom. The smallest absolute Gasteiger partial charge is 0.307 e. The van der Waals surface area contributed by atoms with Crippen molar-refractivity contribution in [2.45, 2.75) is 58.9 Å². The lowest BCUT2D eigenvalue weighted by molar-refractivity contribution is -0.123. The molecule has 0 bridgehead atoms. The summed E-state index contributed by atoms with van der Waals surface area (Å²) in [6, 6.07) is 0. The zero-order chi connectivity index (χ0) is 17.2. The van der Waals surface area contributed by atoms with Crippen molar-refractivity contribution < 1.29 is 9.53 Å². The molecule has 130 valence electrons. The van der Waals surface area contributed by atoms with Crippen LogP contribution in [-0.2, 0) is 16.1 Å². The molecule has 1 aliphatic rings. The Balaban J connectivity index is 1.91. The maximum absolute atomic E-state index is 12.2. The molecule has 1 amide bonds. The predicted molar refractivity (Wildman–Crippen MR) is 92.0 cm³/mol. The molecule has 0 saturated carbocycles. The van der Waals surface area contributed by atoms with Crippen LogP contribution in [-0.4, -0.2) is 52.8 Å². The lowest BCUT2D eigenvalue weighted by Gasteiger charge is -2.45. The van der Waals surface area contributed by atoms with Gasteiger partial charge in [-0.25, -0.2) is 0 Å². The molecule has 1 fully saturated rings. The molecule has 1 N–H and O–H groups in total. The van der Waals surface area contributed by atoms with E-state index in [0.717, 1.165) is 30.1 Å². The second-order valence-electron chi connectivity index (χ2n) is 6.98. The Labute approximate surface area is 141 Å². The van der Waals surface area contributed by atoms with Crippen molar-refractivity contribution in [3.8, 4) is 0 Å². The molecule has 7 heteroatoms. The standard InChI is InChI=1S/C16H27N3O3S/c1-11-9-23-15(21)19(11)8-14(20)17-10-16(4,5)18-6-12(2)22-13(3)7-18/h9,12-13H,6-8,10H2,1-5H3,(H,17,20). The van der Waals surface area contributed by atoms with Gasteiger partial charge in [0, 0.05) is 36.2 Å². The Hall–Kier alpha value is -1.18. The van der Waals surface area contributed by atoms with Crippen LogP contribution in [0, 0.1) is 6.92 Å². The van der Waals surface area contributed by atoms with Crippen molar-refractivity contribution in [3.63, 3.8) is 0 Å². The van der Waals surface area contributed by atoms with Crippen LogP contribution < -0.4 is 10.2 Å². The summed E-state index contributed by atoms with van der Waals surface area (Å²) in [4.78, 5) is 26.1. The van der Waals surface area contributed by atoms with E-state index in [4.69, 9.17) is 4.74 Å². The van der Waals surface area contributed by atoms with Gasteiger partial charge in [0.2, 0.25) is 5.91 Å². The fourth-order valence-corrected chi connectivity index (χ4v) is 3.63. The molecular weight excluding hydrogens is 314 g/mol. The van der Waals surface area contributed by atoms with Gasteiger partial charge in [0.15, 0.2) is 0 Å². The number of ether oxygens (including phenoxy) is 1. The van der Waals surface area contributed by atoms with Crippen molar-refractivity contribution >= 4 is 17.2 Å². The zero-order valence-corrected chi connectivity index (χ0v) is 15.4. The van der Waals surface area contributed by atoms with Crippen molar-refractivity contribution in [2.24, 2.45) is 0 Å². The Kier molecular flexibility index (Phi) is 5.65. The van der Waals surface area contributed by atoms with E-state index in [1.165, 1.54) is 4.57 Å². The monoisotopic (exact) mass is 341 g/mol. The van der Waals surface area contributed by atoms with Crippen LogP contribution in [0.15, 0.2) is 10.2 Å². The van der Waals surface area contributed by atoms with Crippen molar-refractivity contribution in [2.75, 3.05) is 19.6 Å². The third-order valence-electron chi connectivity index (χ3n) is 4.27. The van der Waals surface area contributed by atoms with E-state index in [9.17, 15) is 9.59 Å². The summed E-state index contributed by atoms with van der Waals surface area (Å²) in [5, 5.41) is 4.74. The Bertz CT molecular complexity index is 598. The summed E-state index contributed by atoms with van der Waals surface area (Å²) in [7, 11) is 0. The van der Waals surface area contributed by atoms with E-state index in [1.54, 1.807) is 5.38 Å². The predicted octanol–water partition coefficient (Wildman–Crippen LogP) is 1.22. The molecule has 6 nitrogen and oxygen atoms in total. The van der Waals surface area contributed by atoms with E-state index >= 15 is 0 Å². The van der Waals surface area contributed by atoms with Gasteiger partial charge in [-0.2, -0.15) is 0 Å². The van der Waals surface area contributed by atoms with E-state index < -0.39 is 0 Å². The number of carbonyl (C=O) groups excluding carboxylic acids is 1. The highest BCUT2D eigenvalue weighted by Crippen LogP contribution is 2.20. The van der Waals surface area contributed by atoms with Gasteiger partial charge in [0.25, 0.3) is 0 Å². The molecule has 1 aliphatic heterocycles. The minimum Gasteiger partial charge on any atom is -0.373 e. The number of hydrogen-bond donors (Lipinski definition) is 1. The number of rotatable bonds is 5. The number of aromatic nitrogens is 1. The van der Waals surface area contributed by atoms with E-state index in [1.807, 2.05) is 6.92 Å². The zero-order valence-electron chi connectivity index (χ0n) is 14.6.